The Balaban J connectivity index is 2.57. The molecule has 0 spiro atoms. The molecule has 4 nitrogen and oxygen atoms in total. The van der Waals surface area contributed by atoms with Gasteiger partial charge in [0, 0.05) is 6.54 Å². The summed E-state index contributed by atoms with van der Waals surface area (Å²) in [5.41, 5.74) is 7.23. The molecule has 0 radical (unpaired) electrons. The van der Waals surface area contributed by atoms with Crippen molar-refractivity contribution in [1.82, 2.24) is 0 Å². The minimum atomic E-state index is -0.958. The number of nitrogens with one attached hydrogen (secondary N) is 1. The molecule has 16 heavy (non-hydrogen) atoms. The van der Waals surface area contributed by atoms with Crippen molar-refractivity contribution in [2.45, 2.75) is 6.42 Å². The van der Waals surface area contributed by atoms with Crippen LogP contribution in [0.2, 0.25) is 0 Å². The Kier molecular flexibility index (Phi) is 4.98. The zero-order valence-electron chi connectivity index (χ0n) is 9.19. The third-order valence-electron chi connectivity index (χ3n) is 2.14. The molecule has 0 unspecified atom stereocenters. The molecule has 0 fully saturated rings. The molecule has 0 aliphatic rings. The lowest BCUT2D eigenvalue weighted by Crippen LogP contribution is -2.06. The quantitative estimate of drug-likeness (QED) is 0.524. The Morgan fingerprint density at radius 3 is 2.88 bits per heavy atom. The number of nitrogens with two attached hydrogens (primary N) is 1. The van der Waals surface area contributed by atoms with Crippen LogP contribution in [0.3, 0.4) is 0 Å². The molecule has 88 valence electrons. The lowest BCUT2D eigenvalue weighted by molar-refractivity contribution is 0.0697. The first-order valence-corrected chi connectivity index (χ1v) is 6.40. The van der Waals surface area contributed by atoms with E-state index in [1.807, 2.05) is 0 Å². The number of aromatic carboxylic acids is 1. The summed E-state index contributed by atoms with van der Waals surface area (Å²) in [6.07, 6.45) is 3.12. The van der Waals surface area contributed by atoms with Gasteiger partial charge in [0.1, 0.15) is 0 Å². The molecule has 0 aliphatic heterocycles. The van der Waals surface area contributed by atoms with Gasteiger partial charge in [0.15, 0.2) is 0 Å². The predicted octanol–water partition coefficient (Wildman–Crippen LogP) is 2.13. The Bertz CT molecular complexity index is 369. The fourth-order valence-electron chi connectivity index (χ4n) is 1.30. The minimum absolute atomic E-state index is 0.215. The molecule has 5 heteroatoms. The van der Waals surface area contributed by atoms with E-state index in [1.165, 1.54) is 6.07 Å². The van der Waals surface area contributed by atoms with Crippen LogP contribution in [-0.2, 0) is 0 Å². The van der Waals surface area contributed by atoms with Crippen LogP contribution in [0, 0.1) is 0 Å². The highest BCUT2D eigenvalue weighted by molar-refractivity contribution is 7.98. The van der Waals surface area contributed by atoms with E-state index in [1.54, 1.807) is 23.9 Å². The molecule has 0 saturated carbocycles. The summed E-state index contributed by atoms with van der Waals surface area (Å²) < 4.78 is 0. The molecule has 0 aliphatic carbocycles. The van der Waals surface area contributed by atoms with Crippen LogP contribution in [-0.4, -0.2) is 29.6 Å². The molecule has 0 saturated heterocycles. The molecule has 0 amide bonds. The van der Waals surface area contributed by atoms with Crippen molar-refractivity contribution < 1.29 is 9.90 Å². The molecule has 1 rings (SSSR count). The Labute approximate surface area is 99.2 Å². The first-order chi connectivity index (χ1) is 7.65. The number of hydrogen-bond donors (Lipinski definition) is 3. The van der Waals surface area contributed by atoms with Gasteiger partial charge in [0.2, 0.25) is 0 Å². The molecule has 0 aromatic heterocycles. The van der Waals surface area contributed by atoms with Gasteiger partial charge >= 0.3 is 5.97 Å². The Morgan fingerprint density at radius 2 is 2.31 bits per heavy atom. The van der Waals surface area contributed by atoms with Gasteiger partial charge in [-0.1, -0.05) is 0 Å². The standard InChI is InChI=1S/C11H16N2O2S/c1-16-6-2-5-13-10-4-3-8(11(14)15)7-9(10)12/h3-4,7,13H,2,5-6,12H2,1H3,(H,14,15). The molecule has 0 heterocycles. The number of thioether (sulfide) groups is 1. The number of benzene rings is 1. The zero-order valence-corrected chi connectivity index (χ0v) is 10.0. The molecule has 4 N–H and O–H groups in total. The number of hydrogen-bond acceptors (Lipinski definition) is 4. The van der Waals surface area contributed by atoms with Crippen LogP contribution >= 0.6 is 11.8 Å². The van der Waals surface area contributed by atoms with E-state index in [9.17, 15) is 4.79 Å². The summed E-state index contributed by atoms with van der Waals surface area (Å²) in [5.74, 6) is 0.140. The van der Waals surface area contributed by atoms with Gasteiger partial charge in [-0.3, -0.25) is 0 Å². The number of carboxylic acid groups (broad SMARTS) is 1. The van der Waals surface area contributed by atoms with Crippen LogP contribution < -0.4 is 11.1 Å². The van der Waals surface area contributed by atoms with E-state index in [0.29, 0.717) is 5.69 Å². The summed E-state index contributed by atoms with van der Waals surface area (Å²) in [6, 6.07) is 4.73. The van der Waals surface area contributed by atoms with Crippen molar-refractivity contribution in [3.8, 4) is 0 Å². The van der Waals surface area contributed by atoms with Gasteiger partial charge in [-0.05, 0) is 36.6 Å². The lowest BCUT2D eigenvalue weighted by Gasteiger charge is -2.09. The van der Waals surface area contributed by atoms with Gasteiger partial charge in [-0.2, -0.15) is 11.8 Å². The summed E-state index contributed by atoms with van der Waals surface area (Å²) in [7, 11) is 0. The van der Waals surface area contributed by atoms with Crippen molar-refractivity contribution in [1.29, 1.82) is 0 Å². The van der Waals surface area contributed by atoms with Crippen LogP contribution in [0.15, 0.2) is 18.2 Å². The second kappa shape index (κ2) is 6.27. The van der Waals surface area contributed by atoms with Crippen LogP contribution in [0.25, 0.3) is 0 Å². The summed E-state index contributed by atoms with van der Waals surface area (Å²) >= 11 is 1.80. The largest absolute Gasteiger partial charge is 0.478 e. The highest BCUT2D eigenvalue weighted by Gasteiger charge is 2.05. The molecule has 0 atom stereocenters. The third-order valence-corrected chi connectivity index (χ3v) is 2.84. The van der Waals surface area contributed by atoms with E-state index in [2.05, 4.69) is 11.6 Å². The smallest absolute Gasteiger partial charge is 0.335 e. The normalized spacial score (nSPS) is 10.1. The fraction of sp³-hybridized carbons (Fsp3) is 0.364. The maximum atomic E-state index is 10.7. The Hall–Kier alpha value is -1.36. The van der Waals surface area contributed by atoms with Crippen molar-refractivity contribution in [3.05, 3.63) is 23.8 Å². The molecule has 1 aromatic rings. The van der Waals surface area contributed by atoms with Crippen molar-refractivity contribution in [3.63, 3.8) is 0 Å². The van der Waals surface area contributed by atoms with E-state index in [0.717, 1.165) is 24.4 Å². The van der Waals surface area contributed by atoms with Crippen LogP contribution in [0.1, 0.15) is 16.8 Å². The number of carbonyl (C=O) groups is 1. The summed E-state index contributed by atoms with van der Waals surface area (Å²) in [6.45, 7) is 0.845. The predicted molar refractivity (Wildman–Crippen MR) is 69.3 cm³/mol. The third kappa shape index (κ3) is 3.66. The van der Waals surface area contributed by atoms with Crippen molar-refractivity contribution >= 4 is 29.1 Å². The number of nitrogen functional groups attached to an aromatic ring is 1. The minimum Gasteiger partial charge on any atom is -0.478 e. The lowest BCUT2D eigenvalue weighted by atomic mass is 10.1. The number of carboxylic acids is 1. The van der Waals surface area contributed by atoms with E-state index >= 15 is 0 Å². The van der Waals surface area contributed by atoms with Crippen molar-refractivity contribution in [2.24, 2.45) is 0 Å². The average Bonchev–Trinajstić information content (AvgIpc) is 2.26. The summed E-state index contributed by atoms with van der Waals surface area (Å²) in [5, 5.41) is 12.0. The summed E-state index contributed by atoms with van der Waals surface area (Å²) in [4.78, 5) is 10.7. The average molecular weight is 240 g/mol. The molecule has 1 aromatic carbocycles. The van der Waals surface area contributed by atoms with Gasteiger partial charge in [0.25, 0.3) is 0 Å². The Morgan fingerprint density at radius 1 is 1.56 bits per heavy atom. The van der Waals surface area contributed by atoms with E-state index in [-0.39, 0.29) is 5.56 Å². The highest BCUT2D eigenvalue weighted by Crippen LogP contribution is 2.19. The van der Waals surface area contributed by atoms with E-state index < -0.39 is 5.97 Å². The fourth-order valence-corrected chi connectivity index (χ4v) is 1.73. The molecular formula is C11H16N2O2S. The molecular weight excluding hydrogens is 224 g/mol. The second-order valence-corrected chi connectivity index (χ2v) is 4.37. The first-order valence-electron chi connectivity index (χ1n) is 5.00. The van der Waals surface area contributed by atoms with Crippen molar-refractivity contribution in [2.75, 3.05) is 29.6 Å². The van der Waals surface area contributed by atoms with Gasteiger partial charge in [-0.25, -0.2) is 4.79 Å². The monoisotopic (exact) mass is 240 g/mol. The maximum absolute atomic E-state index is 10.7. The van der Waals surface area contributed by atoms with Gasteiger partial charge < -0.3 is 16.2 Å². The van der Waals surface area contributed by atoms with E-state index in [4.69, 9.17) is 10.8 Å². The van der Waals surface area contributed by atoms with Crippen LogP contribution in [0.4, 0.5) is 11.4 Å². The zero-order chi connectivity index (χ0) is 12.0. The highest BCUT2D eigenvalue weighted by atomic mass is 32.2. The SMILES string of the molecule is CSCCCNc1ccc(C(=O)O)cc1N. The second-order valence-electron chi connectivity index (χ2n) is 3.38. The number of anilines is 2. The molecule has 0 bridgehead atoms. The van der Waals surface area contributed by atoms with Crippen LogP contribution in [0.5, 0.6) is 0 Å². The van der Waals surface area contributed by atoms with Gasteiger partial charge in [-0.15, -0.1) is 0 Å². The topological polar surface area (TPSA) is 75.3 Å². The maximum Gasteiger partial charge on any atom is 0.335 e. The van der Waals surface area contributed by atoms with Gasteiger partial charge in [0.05, 0.1) is 16.9 Å². The number of rotatable bonds is 6. The first kappa shape index (κ1) is 12.7.